The van der Waals surface area contributed by atoms with Gasteiger partial charge in [0, 0.05) is 11.7 Å². The highest BCUT2D eigenvalue weighted by Crippen LogP contribution is 2.22. The maximum absolute atomic E-state index is 4.74. The fourth-order valence-corrected chi connectivity index (χ4v) is 2.87. The van der Waals surface area contributed by atoms with E-state index in [1.807, 2.05) is 6.07 Å². The molecule has 3 nitrogen and oxygen atoms in total. The van der Waals surface area contributed by atoms with Crippen LogP contribution in [0.2, 0.25) is 0 Å². The van der Waals surface area contributed by atoms with E-state index in [-0.39, 0.29) is 0 Å². The molecule has 3 rings (SSSR count). The zero-order chi connectivity index (χ0) is 14.8. The van der Waals surface area contributed by atoms with E-state index in [0.29, 0.717) is 5.92 Å². The fraction of sp³-hybridized carbons (Fsp3) is 0.500. The van der Waals surface area contributed by atoms with Gasteiger partial charge in [-0.3, -0.25) is 0 Å². The number of nitrogens with one attached hydrogen (secondary N) is 1. The van der Waals surface area contributed by atoms with Crippen LogP contribution in [-0.2, 0) is 6.42 Å². The summed E-state index contributed by atoms with van der Waals surface area (Å²) in [5.74, 6) is 0.649. The van der Waals surface area contributed by atoms with Gasteiger partial charge in [-0.2, -0.15) is 5.10 Å². The molecule has 1 unspecified atom stereocenters. The van der Waals surface area contributed by atoms with E-state index in [1.54, 1.807) is 0 Å². The SMILES string of the molecule is Cc1nn(-c2ccccc2)c(C)c1CC(C)CNC1CC1. The van der Waals surface area contributed by atoms with Gasteiger partial charge < -0.3 is 5.32 Å². The average Bonchev–Trinajstić information content (AvgIpc) is 3.28. The Balaban J connectivity index is 1.74. The molecule has 1 atom stereocenters. The highest BCUT2D eigenvalue weighted by atomic mass is 15.3. The molecule has 1 saturated carbocycles. The van der Waals surface area contributed by atoms with Crippen molar-refractivity contribution in [3.8, 4) is 5.69 Å². The number of nitrogens with zero attached hydrogens (tertiary/aromatic N) is 2. The van der Waals surface area contributed by atoms with Gasteiger partial charge in [-0.1, -0.05) is 25.1 Å². The Bertz CT molecular complexity index is 596. The predicted molar refractivity (Wildman–Crippen MR) is 86.9 cm³/mol. The molecule has 112 valence electrons. The topological polar surface area (TPSA) is 29.9 Å². The third-order valence-corrected chi connectivity index (χ3v) is 4.33. The first kappa shape index (κ1) is 14.3. The minimum absolute atomic E-state index is 0.649. The van der Waals surface area contributed by atoms with Gasteiger partial charge in [0.25, 0.3) is 0 Å². The molecular formula is C18H25N3. The second-order valence-corrected chi connectivity index (χ2v) is 6.39. The van der Waals surface area contributed by atoms with Crippen molar-refractivity contribution in [2.45, 2.75) is 46.1 Å². The lowest BCUT2D eigenvalue weighted by Gasteiger charge is -2.13. The van der Waals surface area contributed by atoms with Crippen molar-refractivity contribution in [2.75, 3.05) is 6.54 Å². The summed E-state index contributed by atoms with van der Waals surface area (Å²) in [6.45, 7) is 7.75. The lowest BCUT2D eigenvalue weighted by molar-refractivity contribution is 0.507. The summed E-state index contributed by atoms with van der Waals surface area (Å²) in [5, 5.41) is 8.36. The molecule has 0 spiro atoms. The van der Waals surface area contributed by atoms with Crippen molar-refractivity contribution < 1.29 is 0 Å². The minimum Gasteiger partial charge on any atom is -0.314 e. The van der Waals surface area contributed by atoms with Crippen molar-refractivity contribution in [2.24, 2.45) is 5.92 Å². The number of para-hydroxylation sites is 1. The van der Waals surface area contributed by atoms with Gasteiger partial charge >= 0.3 is 0 Å². The van der Waals surface area contributed by atoms with E-state index < -0.39 is 0 Å². The molecule has 0 amide bonds. The van der Waals surface area contributed by atoms with E-state index in [1.165, 1.54) is 24.1 Å². The fourth-order valence-electron chi connectivity index (χ4n) is 2.87. The molecule has 3 heteroatoms. The largest absolute Gasteiger partial charge is 0.314 e. The summed E-state index contributed by atoms with van der Waals surface area (Å²) in [5.41, 5.74) is 4.99. The van der Waals surface area contributed by atoms with Crippen LogP contribution in [0.1, 0.15) is 36.7 Å². The van der Waals surface area contributed by atoms with Crippen LogP contribution in [0.5, 0.6) is 0 Å². The summed E-state index contributed by atoms with van der Waals surface area (Å²) in [7, 11) is 0. The van der Waals surface area contributed by atoms with Gasteiger partial charge in [0.1, 0.15) is 0 Å². The molecule has 0 saturated heterocycles. The molecular weight excluding hydrogens is 258 g/mol. The highest BCUT2D eigenvalue weighted by Gasteiger charge is 2.22. The second-order valence-electron chi connectivity index (χ2n) is 6.39. The van der Waals surface area contributed by atoms with Crippen LogP contribution in [0, 0.1) is 19.8 Å². The first-order valence-electron chi connectivity index (χ1n) is 7.99. The summed E-state index contributed by atoms with van der Waals surface area (Å²) >= 11 is 0. The Morgan fingerprint density at radius 3 is 2.62 bits per heavy atom. The van der Waals surface area contributed by atoms with Crippen molar-refractivity contribution in [1.29, 1.82) is 0 Å². The Hall–Kier alpha value is -1.61. The molecule has 0 aliphatic heterocycles. The summed E-state index contributed by atoms with van der Waals surface area (Å²) in [6, 6.07) is 11.2. The number of rotatable bonds is 6. The standard InChI is InChI=1S/C18H25N3/c1-13(12-19-16-9-10-16)11-18-14(2)20-21(15(18)3)17-7-5-4-6-8-17/h4-8,13,16,19H,9-12H2,1-3H3. The Labute approximate surface area is 127 Å². The number of aryl methyl sites for hydroxylation is 1. The molecule has 21 heavy (non-hydrogen) atoms. The molecule has 1 fully saturated rings. The van der Waals surface area contributed by atoms with Gasteiger partial charge in [0.2, 0.25) is 0 Å². The summed E-state index contributed by atoms with van der Waals surface area (Å²) < 4.78 is 2.08. The first-order chi connectivity index (χ1) is 10.1. The van der Waals surface area contributed by atoms with Crippen LogP contribution in [0.4, 0.5) is 0 Å². The van der Waals surface area contributed by atoms with E-state index in [9.17, 15) is 0 Å². The molecule has 1 aliphatic rings. The summed E-state index contributed by atoms with van der Waals surface area (Å²) in [4.78, 5) is 0. The zero-order valence-corrected chi connectivity index (χ0v) is 13.3. The van der Waals surface area contributed by atoms with Crippen LogP contribution in [0.25, 0.3) is 5.69 Å². The molecule has 1 N–H and O–H groups in total. The maximum Gasteiger partial charge on any atom is 0.0648 e. The van der Waals surface area contributed by atoms with Crippen LogP contribution >= 0.6 is 0 Å². The third kappa shape index (κ3) is 3.35. The maximum atomic E-state index is 4.74. The number of aromatic nitrogens is 2. The van der Waals surface area contributed by atoms with E-state index >= 15 is 0 Å². The Kier molecular flexibility index (Phi) is 4.11. The van der Waals surface area contributed by atoms with Crippen molar-refractivity contribution >= 4 is 0 Å². The number of hydrogen-bond donors (Lipinski definition) is 1. The van der Waals surface area contributed by atoms with E-state index in [2.05, 4.69) is 55.0 Å². The van der Waals surface area contributed by atoms with Crippen molar-refractivity contribution in [1.82, 2.24) is 15.1 Å². The number of hydrogen-bond acceptors (Lipinski definition) is 2. The van der Waals surface area contributed by atoms with Crippen LogP contribution < -0.4 is 5.32 Å². The van der Waals surface area contributed by atoms with Crippen LogP contribution in [-0.4, -0.2) is 22.4 Å². The second kappa shape index (κ2) is 6.02. The van der Waals surface area contributed by atoms with Crippen LogP contribution in [0.15, 0.2) is 30.3 Å². The Morgan fingerprint density at radius 1 is 1.24 bits per heavy atom. The van der Waals surface area contributed by atoms with Crippen molar-refractivity contribution in [3.05, 3.63) is 47.3 Å². The van der Waals surface area contributed by atoms with E-state index in [0.717, 1.165) is 30.4 Å². The van der Waals surface area contributed by atoms with Gasteiger partial charge in [-0.25, -0.2) is 4.68 Å². The minimum atomic E-state index is 0.649. The highest BCUT2D eigenvalue weighted by molar-refractivity contribution is 5.37. The summed E-state index contributed by atoms with van der Waals surface area (Å²) in [6.07, 6.45) is 3.82. The van der Waals surface area contributed by atoms with Gasteiger partial charge in [-0.05, 0) is 63.3 Å². The molecule has 1 aromatic carbocycles. The monoisotopic (exact) mass is 283 g/mol. The molecule has 0 bridgehead atoms. The van der Waals surface area contributed by atoms with E-state index in [4.69, 9.17) is 5.10 Å². The van der Waals surface area contributed by atoms with Crippen LogP contribution in [0.3, 0.4) is 0 Å². The van der Waals surface area contributed by atoms with Crippen molar-refractivity contribution in [3.63, 3.8) is 0 Å². The quantitative estimate of drug-likeness (QED) is 0.880. The molecule has 0 radical (unpaired) electrons. The van der Waals surface area contributed by atoms with Gasteiger partial charge in [0.05, 0.1) is 11.4 Å². The number of benzene rings is 1. The molecule has 2 aromatic rings. The molecule has 1 aromatic heterocycles. The van der Waals surface area contributed by atoms with Gasteiger partial charge in [-0.15, -0.1) is 0 Å². The first-order valence-corrected chi connectivity index (χ1v) is 7.99. The smallest absolute Gasteiger partial charge is 0.0648 e. The molecule has 1 heterocycles. The van der Waals surface area contributed by atoms with Gasteiger partial charge in [0.15, 0.2) is 0 Å². The lowest BCUT2D eigenvalue weighted by Crippen LogP contribution is -2.24. The molecule has 1 aliphatic carbocycles. The predicted octanol–water partition coefficient (Wildman–Crippen LogP) is 3.42. The Morgan fingerprint density at radius 2 is 1.95 bits per heavy atom. The average molecular weight is 283 g/mol. The normalized spacial score (nSPS) is 16.1. The lowest BCUT2D eigenvalue weighted by atomic mass is 9.99. The zero-order valence-electron chi connectivity index (χ0n) is 13.3. The third-order valence-electron chi connectivity index (χ3n) is 4.33.